The van der Waals surface area contributed by atoms with Crippen LogP contribution in [0.5, 0.6) is 0 Å². The molecule has 0 saturated carbocycles. The van der Waals surface area contributed by atoms with Gasteiger partial charge in [-0.1, -0.05) is 6.92 Å². The smallest absolute Gasteiger partial charge is 0.205 e. The molecule has 2 aromatic heterocycles. The highest BCUT2D eigenvalue weighted by molar-refractivity contribution is 14.0. The van der Waals surface area contributed by atoms with E-state index in [9.17, 15) is 0 Å². The van der Waals surface area contributed by atoms with Gasteiger partial charge in [-0.05, 0) is 26.3 Å². The van der Waals surface area contributed by atoms with Crippen LogP contribution in [0.2, 0.25) is 0 Å². The lowest BCUT2D eigenvalue weighted by Crippen LogP contribution is -2.52. The van der Waals surface area contributed by atoms with Crippen molar-refractivity contribution >= 4 is 46.6 Å². The van der Waals surface area contributed by atoms with Crippen LogP contribution < -0.4 is 10.2 Å². The average molecular weight is 518 g/mol. The number of guanidine groups is 1. The molecule has 1 aliphatic rings. The second kappa shape index (κ2) is 10.9. The Labute approximate surface area is 188 Å². The van der Waals surface area contributed by atoms with E-state index in [4.69, 9.17) is 0 Å². The van der Waals surface area contributed by atoms with E-state index in [1.165, 1.54) is 17.2 Å². The zero-order valence-electron chi connectivity index (χ0n) is 17.2. The fraction of sp³-hybridized carbons (Fsp3) is 0.667. The molecule has 1 saturated heterocycles. The van der Waals surface area contributed by atoms with Crippen LogP contribution in [0, 0.1) is 13.8 Å². The zero-order valence-corrected chi connectivity index (χ0v) is 20.3. The van der Waals surface area contributed by atoms with E-state index in [0.717, 1.165) is 74.7 Å². The number of hydrogen-bond donors (Lipinski definition) is 1. The first-order valence-corrected chi connectivity index (χ1v) is 10.4. The predicted octanol–water partition coefficient (Wildman–Crippen LogP) is 2.32. The van der Waals surface area contributed by atoms with Crippen molar-refractivity contribution in [2.45, 2.75) is 40.2 Å². The van der Waals surface area contributed by atoms with Gasteiger partial charge in [-0.25, -0.2) is 4.98 Å². The van der Waals surface area contributed by atoms with Gasteiger partial charge in [0.1, 0.15) is 5.82 Å². The molecular formula is C18H31IN8S. The van der Waals surface area contributed by atoms with Crippen LogP contribution >= 0.6 is 35.5 Å². The lowest BCUT2D eigenvalue weighted by atomic mass is 10.3. The third kappa shape index (κ3) is 5.79. The van der Waals surface area contributed by atoms with Crippen molar-refractivity contribution in [3.05, 3.63) is 23.3 Å². The molecule has 2 aromatic rings. The number of aromatic nitrogens is 4. The minimum atomic E-state index is 0. The van der Waals surface area contributed by atoms with E-state index in [-0.39, 0.29) is 24.0 Å². The normalized spacial score (nSPS) is 14.9. The second-order valence-corrected chi connectivity index (χ2v) is 7.53. The van der Waals surface area contributed by atoms with Crippen molar-refractivity contribution in [3.8, 4) is 0 Å². The Morgan fingerprint density at radius 2 is 2.00 bits per heavy atom. The highest BCUT2D eigenvalue weighted by atomic mass is 127. The Bertz CT molecular complexity index is 763. The topological polar surface area (TPSA) is 74.5 Å². The van der Waals surface area contributed by atoms with Crippen molar-refractivity contribution < 1.29 is 0 Å². The van der Waals surface area contributed by atoms with Gasteiger partial charge in [-0.15, -0.1) is 24.0 Å². The first kappa shape index (κ1) is 22.9. The molecule has 0 aliphatic carbocycles. The highest BCUT2D eigenvalue weighted by Gasteiger charge is 2.21. The SMILES string of the molecule is CCc1nsc(N2CCN(C(=NC)NCCCn3nc(C)cc3C)CC2)n1.I. The Hall–Kier alpha value is -1.43. The van der Waals surface area contributed by atoms with Gasteiger partial charge in [-0.2, -0.15) is 9.47 Å². The van der Waals surface area contributed by atoms with Gasteiger partial charge in [0, 0.05) is 70.0 Å². The van der Waals surface area contributed by atoms with E-state index in [1.807, 2.05) is 14.0 Å². The van der Waals surface area contributed by atoms with E-state index >= 15 is 0 Å². The number of anilines is 1. The number of nitrogens with zero attached hydrogens (tertiary/aromatic N) is 7. The van der Waals surface area contributed by atoms with Crippen LogP contribution in [-0.2, 0) is 13.0 Å². The summed E-state index contributed by atoms with van der Waals surface area (Å²) >= 11 is 1.51. The first-order chi connectivity index (χ1) is 13.1. The lowest BCUT2D eigenvalue weighted by Gasteiger charge is -2.36. The summed E-state index contributed by atoms with van der Waals surface area (Å²) in [6.07, 6.45) is 1.91. The highest BCUT2D eigenvalue weighted by Crippen LogP contribution is 2.19. The summed E-state index contributed by atoms with van der Waals surface area (Å²) in [5, 5.41) is 9.05. The molecule has 0 unspecified atom stereocenters. The molecule has 0 spiro atoms. The third-order valence-corrected chi connectivity index (χ3v) is 5.58. The van der Waals surface area contributed by atoms with Crippen molar-refractivity contribution in [1.82, 2.24) is 29.4 Å². The van der Waals surface area contributed by atoms with Gasteiger partial charge >= 0.3 is 0 Å². The molecule has 0 atom stereocenters. The summed E-state index contributed by atoms with van der Waals surface area (Å²) < 4.78 is 6.47. The molecule has 3 heterocycles. The summed E-state index contributed by atoms with van der Waals surface area (Å²) in [5.41, 5.74) is 2.30. The first-order valence-electron chi connectivity index (χ1n) is 9.65. The summed E-state index contributed by atoms with van der Waals surface area (Å²) in [5.74, 6) is 1.92. The molecule has 8 nitrogen and oxygen atoms in total. The van der Waals surface area contributed by atoms with Crippen molar-refractivity contribution in [2.75, 3.05) is 44.7 Å². The number of rotatable bonds is 6. The minimum absolute atomic E-state index is 0. The summed E-state index contributed by atoms with van der Waals surface area (Å²) in [6.45, 7) is 11.8. The minimum Gasteiger partial charge on any atom is -0.356 e. The fourth-order valence-corrected chi connectivity index (χ4v) is 4.09. The maximum absolute atomic E-state index is 4.60. The van der Waals surface area contributed by atoms with Crippen LogP contribution in [-0.4, -0.2) is 69.8 Å². The summed E-state index contributed by atoms with van der Waals surface area (Å²) in [4.78, 5) is 13.7. The average Bonchev–Trinajstić information content (AvgIpc) is 3.28. The van der Waals surface area contributed by atoms with Gasteiger partial charge in [0.25, 0.3) is 0 Å². The van der Waals surface area contributed by atoms with E-state index in [0.29, 0.717) is 0 Å². The van der Waals surface area contributed by atoms with E-state index in [1.54, 1.807) is 0 Å². The summed E-state index contributed by atoms with van der Waals surface area (Å²) in [7, 11) is 1.86. The van der Waals surface area contributed by atoms with Gasteiger partial charge in [0.05, 0.1) is 5.69 Å². The summed E-state index contributed by atoms with van der Waals surface area (Å²) in [6, 6.07) is 2.12. The van der Waals surface area contributed by atoms with Crippen LogP contribution in [0.15, 0.2) is 11.1 Å². The second-order valence-electron chi connectivity index (χ2n) is 6.80. The van der Waals surface area contributed by atoms with Crippen LogP contribution in [0.1, 0.15) is 30.6 Å². The molecule has 0 bridgehead atoms. The van der Waals surface area contributed by atoms with Crippen LogP contribution in [0.25, 0.3) is 0 Å². The Kier molecular flexibility index (Phi) is 8.93. The van der Waals surface area contributed by atoms with Gasteiger partial charge < -0.3 is 15.1 Å². The Morgan fingerprint density at radius 3 is 2.57 bits per heavy atom. The maximum Gasteiger partial charge on any atom is 0.205 e. The molecule has 156 valence electrons. The van der Waals surface area contributed by atoms with Crippen LogP contribution in [0.3, 0.4) is 0 Å². The quantitative estimate of drug-likeness (QED) is 0.274. The number of hydrogen-bond acceptors (Lipinski definition) is 6. The zero-order chi connectivity index (χ0) is 19.2. The lowest BCUT2D eigenvalue weighted by molar-refractivity contribution is 0.371. The van der Waals surface area contributed by atoms with Gasteiger partial charge in [0.2, 0.25) is 5.13 Å². The number of aliphatic imine (C=N–C) groups is 1. The number of nitrogens with one attached hydrogen (secondary N) is 1. The van der Waals surface area contributed by atoms with Gasteiger partial charge in [0.15, 0.2) is 5.96 Å². The molecule has 1 aliphatic heterocycles. The van der Waals surface area contributed by atoms with Crippen molar-refractivity contribution in [3.63, 3.8) is 0 Å². The van der Waals surface area contributed by atoms with Gasteiger partial charge in [-0.3, -0.25) is 9.67 Å². The standard InChI is InChI=1S/C18H30N8S.HI/c1-5-16-21-18(27-23-16)25-11-9-24(10-12-25)17(19-4)20-7-6-8-26-15(3)13-14(2)22-26;/h13H,5-12H2,1-4H3,(H,19,20);1H. The maximum atomic E-state index is 4.60. The molecule has 0 aromatic carbocycles. The predicted molar refractivity (Wildman–Crippen MR) is 126 cm³/mol. The van der Waals surface area contributed by atoms with E-state index < -0.39 is 0 Å². The fourth-order valence-electron chi connectivity index (χ4n) is 3.29. The number of halogens is 1. The Balaban J connectivity index is 0.00000280. The molecule has 1 fully saturated rings. The number of aryl methyl sites for hydroxylation is 4. The largest absolute Gasteiger partial charge is 0.356 e. The molecule has 1 N–H and O–H groups in total. The molecular weight excluding hydrogens is 487 g/mol. The molecule has 10 heteroatoms. The third-order valence-electron chi connectivity index (χ3n) is 4.77. The molecule has 28 heavy (non-hydrogen) atoms. The Morgan fingerprint density at radius 1 is 1.25 bits per heavy atom. The van der Waals surface area contributed by atoms with Crippen LogP contribution in [0.4, 0.5) is 5.13 Å². The molecule has 0 radical (unpaired) electrons. The monoisotopic (exact) mass is 518 g/mol. The van der Waals surface area contributed by atoms with Crippen molar-refractivity contribution in [2.24, 2.45) is 4.99 Å². The number of piperazine rings is 1. The molecule has 0 amide bonds. The van der Waals surface area contributed by atoms with Crippen molar-refractivity contribution in [1.29, 1.82) is 0 Å². The molecule has 3 rings (SSSR count). The van der Waals surface area contributed by atoms with E-state index in [2.05, 4.69) is 59.2 Å².